The minimum absolute atomic E-state index is 0.219. The highest BCUT2D eigenvalue weighted by Gasteiger charge is 2.37. The molecule has 104 valence electrons. The van der Waals surface area contributed by atoms with Gasteiger partial charge in [0, 0.05) is 10.6 Å². The van der Waals surface area contributed by atoms with Crippen LogP contribution < -0.4 is 5.32 Å². The van der Waals surface area contributed by atoms with Crippen molar-refractivity contribution in [3.8, 4) is 11.5 Å². The Morgan fingerprint density at radius 3 is 2.81 bits per heavy atom. The van der Waals surface area contributed by atoms with Crippen LogP contribution in [0, 0.1) is 0 Å². The monoisotopic (exact) mass is 299 g/mol. The van der Waals surface area contributed by atoms with E-state index in [4.69, 9.17) is 16.0 Å². The van der Waals surface area contributed by atoms with Gasteiger partial charge in [0.15, 0.2) is 11.5 Å². The van der Waals surface area contributed by atoms with Gasteiger partial charge in [-0.05, 0) is 23.8 Å². The summed E-state index contributed by atoms with van der Waals surface area (Å²) in [6.45, 7) is 0. The summed E-state index contributed by atoms with van der Waals surface area (Å²) in [5.74, 6) is 0.418. The van der Waals surface area contributed by atoms with Crippen molar-refractivity contribution < 1.29 is 9.21 Å². The highest BCUT2D eigenvalue weighted by Crippen LogP contribution is 2.39. The van der Waals surface area contributed by atoms with Crippen LogP contribution in [0.15, 0.2) is 47.1 Å². The molecule has 21 heavy (non-hydrogen) atoms. The van der Waals surface area contributed by atoms with Crippen molar-refractivity contribution in [3.05, 3.63) is 64.5 Å². The Labute approximate surface area is 124 Å². The number of nitrogens with zero attached hydrogens (tertiary/aromatic N) is 1. The molecule has 5 nitrogen and oxygen atoms in total. The Kier molecular flexibility index (Phi) is 2.62. The van der Waals surface area contributed by atoms with Gasteiger partial charge in [-0.25, -0.2) is 0 Å². The summed E-state index contributed by atoms with van der Waals surface area (Å²) in [6, 6.07) is 10.7. The number of hydrogen-bond acceptors (Lipinski definition) is 3. The van der Waals surface area contributed by atoms with Gasteiger partial charge in [0.1, 0.15) is 5.69 Å². The molecule has 0 spiro atoms. The van der Waals surface area contributed by atoms with Crippen LogP contribution in [-0.4, -0.2) is 16.1 Å². The Morgan fingerprint density at radius 2 is 2.05 bits per heavy atom. The van der Waals surface area contributed by atoms with Crippen LogP contribution in [0.2, 0.25) is 5.02 Å². The number of halogens is 1. The molecule has 0 saturated carbocycles. The fourth-order valence-corrected chi connectivity index (χ4v) is 2.87. The third kappa shape index (κ3) is 1.78. The molecule has 3 heterocycles. The zero-order valence-corrected chi connectivity index (χ0v) is 11.5. The van der Waals surface area contributed by atoms with Crippen molar-refractivity contribution in [2.75, 3.05) is 0 Å². The third-order valence-corrected chi connectivity index (χ3v) is 3.91. The van der Waals surface area contributed by atoms with Crippen molar-refractivity contribution >= 4 is 17.5 Å². The second kappa shape index (κ2) is 4.49. The van der Waals surface area contributed by atoms with E-state index >= 15 is 0 Å². The topological polar surface area (TPSA) is 70.9 Å². The summed E-state index contributed by atoms with van der Waals surface area (Å²) in [4.78, 5) is 12.1. The zero-order valence-electron chi connectivity index (χ0n) is 10.8. The molecule has 1 aliphatic rings. The Balaban J connectivity index is 1.91. The van der Waals surface area contributed by atoms with E-state index in [0.717, 1.165) is 11.1 Å². The molecule has 2 aromatic heterocycles. The Hall–Kier alpha value is -2.53. The standard InChI is InChI=1S/C15H10ClN3O2/c16-9-5-2-1-4-8(9)12-11-13(10-6-3-7-21-10)18-19-14(11)15(20)17-12/h1-7,12H,(H,17,20)(H,18,19). The fourth-order valence-electron chi connectivity index (χ4n) is 2.63. The molecule has 1 amide bonds. The summed E-state index contributed by atoms with van der Waals surface area (Å²) in [5.41, 5.74) is 2.67. The van der Waals surface area contributed by atoms with Crippen molar-refractivity contribution in [1.82, 2.24) is 15.5 Å². The highest BCUT2D eigenvalue weighted by molar-refractivity contribution is 6.31. The second-order valence-electron chi connectivity index (χ2n) is 4.77. The van der Waals surface area contributed by atoms with E-state index in [9.17, 15) is 4.79 Å². The molecule has 0 fully saturated rings. The molecular weight excluding hydrogens is 290 g/mol. The largest absolute Gasteiger partial charge is 0.463 e. The number of furan rings is 1. The lowest BCUT2D eigenvalue weighted by molar-refractivity contribution is 0.0955. The van der Waals surface area contributed by atoms with Crippen molar-refractivity contribution in [2.24, 2.45) is 0 Å². The normalized spacial score (nSPS) is 16.8. The van der Waals surface area contributed by atoms with Crippen LogP contribution in [0.4, 0.5) is 0 Å². The molecule has 2 N–H and O–H groups in total. The predicted octanol–water partition coefficient (Wildman–Crippen LogP) is 3.16. The molecule has 0 saturated heterocycles. The molecule has 1 unspecified atom stereocenters. The molecule has 1 aromatic carbocycles. The quantitative estimate of drug-likeness (QED) is 0.763. The lowest BCUT2D eigenvalue weighted by atomic mass is 9.99. The van der Waals surface area contributed by atoms with E-state index in [1.807, 2.05) is 24.3 Å². The molecule has 1 atom stereocenters. The van der Waals surface area contributed by atoms with Gasteiger partial charge in [-0.15, -0.1) is 0 Å². The van der Waals surface area contributed by atoms with Gasteiger partial charge in [0.2, 0.25) is 0 Å². The lowest BCUT2D eigenvalue weighted by Gasteiger charge is -2.14. The third-order valence-electron chi connectivity index (χ3n) is 3.57. The van der Waals surface area contributed by atoms with Crippen LogP contribution in [0.25, 0.3) is 11.5 Å². The number of carbonyl (C=O) groups is 1. The van der Waals surface area contributed by atoms with Gasteiger partial charge in [-0.3, -0.25) is 9.89 Å². The number of hydrogen-bond donors (Lipinski definition) is 2. The number of H-pyrrole nitrogens is 1. The average molecular weight is 300 g/mol. The maximum Gasteiger partial charge on any atom is 0.272 e. The summed E-state index contributed by atoms with van der Waals surface area (Å²) in [6.07, 6.45) is 1.58. The van der Waals surface area contributed by atoms with E-state index in [-0.39, 0.29) is 11.9 Å². The summed E-state index contributed by atoms with van der Waals surface area (Å²) < 4.78 is 5.41. The van der Waals surface area contributed by atoms with Gasteiger partial charge in [0.25, 0.3) is 5.91 Å². The first kappa shape index (κ1) is 12.2. The van der Waals surface area contributed by atoms with Crippen LogP contribution >= 0.6 is 11.6 Å². The molecule has 4 rings (SSSR count). The van der Waals surface area contributed by atoms with Crippen LogP contribution in [-0.2, 0) is 0 Å². The van der Waals surface area contributed by atoms with Crippen LogP contribution in [0.1, 0.15) is 27.7 Å². The minimum Gasteiger partial charge on any atom is -0.463 e. The van der Waals surface area contributed by atoms with Gasteiger partial charge >= 0.3 is 0 Å². The van der Waals surface area contributed by atoms with E-state index < -0.39 is 0 Å². The van der Waals surface area contributed by atoms with Crippen molar-refractivity contribution in [2.45, 2.75) is 6.04 Å². The second-order valence-corrected chi connectivity index (χ2v) is 5.17. The molecule has 6 heteroatoms. The molecule has 0 radical (unpaired) electrons. The van der Waals surface area contributed by atoms with Crippen LogP contribution in [0.5, 0.6) is 0 Å². The van der Waals surface area contributed by atoms with Gasteiger partial charge in [-0.1, -0.05) is 29.8 Å². The number of rotatable bonds is 2. The highest BCUT2D eigenvalue weighted by atomic mass is 35.5. The average Bonchev–Trinajstić information content (AvgIpc) is 3.18. The molecule has 0 aliphatic carbocycles. The van der Waals surface area contributed by atoms with E-state index in [1.165, 1.54) is 0 Å². The first-order valence-electron chi connectivity index (χ1n) is 6.43. The minimum atomic E-state index is -0.333. The van der Waals surface area contributed by atoms with E-state index in [2.05, 4.69) is 15.5 Å². The van der Waals surface area contributed by atoms with E-state index in [1.54, 1.807) is 18.4 Å². The van der Waals surface area contributed by atoms with Crippen molar-refractivity contribution in [3.63, 3.8) is 0 Å². The molecular formula is C15H10ClN3O2. The van der Waals surface area contributed by atoms with Crippen LogP contribution in [0.3, 0.4) is 0 Å². The zero-order chi connectivity index (χ0) is 14.4. The number of carbonyl (C=O) groups excluding carboxylic acids is 1. The molecule has 1 aliphatic heterocycles. The maximum absolute atomic E-state index is 12.1. The number of aromatic amines is 1. The number of amides is 1. The lowest BCUT2D eigenvalue weighted by Crippen LogP contribution is -2.21. The van der Waals surface area contributed by atoms with Gasteiger partial charge in [0.05, 0.1) is 12.3 Å². The Morgan fingerprint density at radius 1 is 1.19 bits per heavy atom. The first-order chi connectivity index (χ1) is 10.3. The summed E-state index contributed by atoms with van der Waals surface area (Å²) in [7, 11) is 0. The molecule has 3 aromatic rings. The number of benzene rings is 1. The number of nitrogens with one attached hydrogen (secondary N) is 2. The van der Waals surface area contributed by atoms with Crippen molar-refractivity contribution in [1.29, 1.82) is 0 Å². The predicted molar refractivity (Wildman–Crippen MR) is 77.1 cm³/mol. The van der Waals surface area contributed by atoms with Gasteiger partial charge < -0.3 is 9.73 Å². The Bertz CT molecular complexity index is 823. The molecule has 0 bridgehead atoms. The number of fused-ring (bicyclic) bond motifs is 1. The maximum atomic E-state index is 12.1. The SMILES string of the molecule is O=C1NC(c2ccccc2Cl)c2c1n[nH]c2-c1ccco1. The summed E-state index contributed by atoms with van der Waals surface area (Å²) in [5, 5.41) is 10.5. The smallest absolute Gasteiger partial charge is 0.272 e. The van der Waals surface area contributed by atoms with Gasteiger partial charge in [-0.2, -0.15) is 5.10 Å². The first-order valence-corrected chi connectivity index (χ1v) is 6.81. The number of aromatic nitrogens is 2. The summed E-state index contributed by atoms with van der Waals surface area (Å²) >= 11 is 6.26. The van der Waals surface area contributed by atoms with E-state index in [0.29, 0.717) is 22.2 Å². The fraction of sp³-hybridized carbons (Fsp3) is 0.0667.